The molecule has 3 rings (SSSR count). The van der Waals surface area contributed by atoms with Crippen molar-refractivity contribution in [2.45, 2.75) is 0 Å². The van der Waals surface area contributed by atoms with Crippen molar-refractivity contribution in [3.8, 4) is 28.6 Å². The fourth-order valence-corrected chi connectivity index (χ4v) is 1.76. The smallest absolute Gasteiger partial charge is 0.261 e. The van der Waals surface area contributed by atoms with Gasteiger partial charge in [-0.15, -0.1) is 0 Å². The van der Waals surface area contributed by atoms with Gasteiger partial charge in [0.25, 0.3) is 5.89 Å². The van der Waals surface area contributed by atoms with Crippen LogP contribution >= 0.6 is 0 Å². The summed E-state index contributed by atoms with van der Waals surface area (Å²) in [5.41, 5.74) is 1.79. The number of phenolic OH excluding ortho intramolecular Hbond substituents is 1. The third-order valence-corrected chi connectivity index (χ3v) is 2.71. The molecule has 0 aliphatic carbocycles. The molecule has 0 unspecified atom stereocenters. The van der Waals surface area contributed by atoms with Gasteiger partial charge in [-0.25, -0.2) is 0 Å². The van der Waals surface area contributed by atoms with Crippen LogP contribution in [0.25, 0.3) is 22.8 Å². The Morgan fingerprint density at radius 1 is 1.05 bits per heavy atom. The van der Waals surface area contributed by atoms with Crippen molar-refractivity contribution in [3.63, 3.8) is 0 Å². The molecule has 0 spiro atoms. The normalized spacial score (nSPS) is 10.5. The van der Waals surface area contributed by atoms with Crippen LogP contribution in [0.15, 0.2) is 53.1 Å². The van der Waals surface area contributed by atoms with Crippen molar-refractivity contribution >= 4 is 13.3 Å². The van der Waals surface area contributed by atoms with Gasteiger partial charge in [0.15, 0.2) is 0 Å². The van der Waals surface area contributed by atoms with Gasteiger partial charge in [-0.3, -0.25) is 0 Å². The number of aromatic hydroxyl groups is 1. The lowest BCUT2D eigenvalue weighted by molar-refractivity contribution is 0.426. The molecular formula is C14H9BN2O2. The van der Waals surface area contributed by atoms with Gasteiger partial charge in [-0.1, -0.05) is 53.1 Å². The summed E-state index contributed by atoms with van der Waals surface area (Å²) in [6, 6.07) is 14.2. The topological polar surface area (TPSA) is 59.2 Å². The molecule has 1 N–H and O–H groups in total. The molecule has 0 bridgehead atoms. The van der Waals surface area contributed by atoms with E-state index in [0.717, 1.165) is 5.56 Å². The Kier molecular flexibility index (Phi) is 2.80. The number of aromatic nitrogens is 2. The first-order valence-electron chi connectivity index (χ1n) is 5.72. The highest BCUT2D eigenvalue weighted by Gasteiger charge is 2.13. The molecule has 0 atom stereocenters. The lowest BCUT2D eigenvalue weighted by Crippen LogP contribution is -2.00. The number of nitrogens with zero attached hydrogens (tertiary/aromatic N) is 2. The second-order valence-corrected chi connectivity index (χ2v) is 4.07. The van der Waals surface area contributed by atoms with Crippen molar-refractivity contribution in [1.29, 1.82) is 0 Å². The minimum Gasteiger partial charge on any atom is -0.507 e. The number of hydrogen-bond acceptors (Lipinski definition) is 4. The molecule has 0 saturated carbocycles. The quantitative estimate of drug-likeness (QED) is 0.703. The summed E-state index contributed by atoms with van der Waals surface area (Å²) < 4.78 is 5.16. The third-order valence-electron chi connectivity index (χ3n) is 2.71. The van der Waals surface area contributed by atoms with Crippen LogP contribution in [-0.2, 0) is 0 Å². The molecule has 4 nitrogen and oxygen atoms in total. The van der Waals surface area contributed by atoms with Gasteiger partial charge in [0.2, 0.25) is 5.82 Å². The van der Waals surface area contributed by atoms with Gasteiger partial charge in [0, 0.05) is 5.56 Å². The SMILES string of the molecule is [B]c1ccc(O)c(-c2nc(-c3ccccc3)no2)c1. The van der Waals surface area contributed by atoms with Gasteiger partial charge in [-0.2, -0.15) is 4.98 Å². The molecule has 19 heavy (non-hydrogen) atoms. The fraction of sp³-hybridized carbons (Fsp3) is 0. The predicted octanol–water partition coefficient (Wildman–Crippen LogP) is 1.90. The molecule has 90 valence electrons. The Hall–Kier alpha value is -2.56. The minimum atomic E-state index is 0.0532. The zero-order valence-electron chi connectivity index (χ0n) is 9.95. The van der Waals surface area contributed by atoms with E-state index in [1.807, 2.05) is 30.3 Å². The first kappa shape index (κ1) is 11.5. The molecule has 3 aromatic rings. The second-order valence-electron chi connectivity index (χ2n) is 4.07. The van der Waals surface area contributed by atoms with E-state index >= 15 is 0 Å². The second kappa shape index (κ2) is 4.61. The molecule has 2 radical (unpaired) electrons. The van der Waals surface area contributed by atoms with Crippen molar-refractivity contribution < 1.29 is 9.63 Å². The van der Waals surface area contributed by atoms with Crippen LogP contribution in [0.5, 0.6) is 5.75 Å². The zero-order chi connectivity index (χ0) is 13.2. The molecule has 0 amide bonds. The average Bonchev–Trinajstić information content (AvgIpc) is 2.92. The number of benzene rings is 2. The summed E-state index contributed by atoms with van der Waals surface area (Å²) in [6.45, 7) is 0. The van der Waals surface area contributed by atoms with E-state index in [2.05, 4.69) is 10.1 Å². The lowest BCUT2D eigenvalue weighted by Gasteiger charge is -2.00. The molecule has 5 heteroatoms. The van der Waals surface area contributed by atoms with Crippen molar-refractivity contribution in [1.82, 2.24) is 10.1 Å². The maximum Gasteiger partial charge on any atom is 0.261 e. The summed E-state index contributed by atoms with van der Waals surface area (Å²) in [6.07, 6.45) is 0. The highest BCUT2D eigenvalue weighted by molar-refractivity contribution is 6.32. The van der Waals surface area contributed by atoms with Gasteiger partial charge >= 0.3 is 0 Å². The Bertz CT molecular complexity index is 710. The summed E-state index contributed by atoms with van der Waals surface area (Å²) in [7, 11) is 5.68. The predicted molar refractivity (Wildman–Crippen MR) is 72.2 cm³/mol. The van der Waals surface area contributed by atoms with E-state index in [9.17, 15) is 5.11 Å². The van der Waals surface area contributed by atoms with Gasteiger partial charge in [-0.05, 0) is 6.07 Å². The van der Waals surface area contributed by atoms with E-state index in [4.69, 9.17) is 12.4 Å². The standard InChI is InChI=1S/C14H9BN2O2/c15-10-6-7-12(18)11(8-10)14-16-13(17-19-14)9-4-2-1-3-5-9/h1-8,18H. The highest BCUT2D eigenvalue weighted by atomic mass is 16.5. The number of rotatable bonds is 2. The summed E-state index contributed by atoms with van der Waals surface area (Å²) in [4.78, 5) is 4.26. The van der Waals surface area contributed by atoms with E-state index in [0.29, 0.717) is 16.9 Å². The van der Waals surface area contributed by atoms with Crippen LogP contribution in [0, 0.1) is 0 Å². The van der Waals surface area contributed by atoms with Gasteiger partial charge < -0.3 is 9.63 Å². The first-order chi connectivity index (χ1) is 9.24. The molecule has 0 aliphatic rings. The van der Waals surface area contributed by atoms with Crippen LogP contribution in [-0.4, -0.2) is 23.1 Å². The Morgan fingerprint density at radius 3 is 2.63 bits per heavy atom. The van der Waals surface area contributed by atoms with Crippen LogP contribution in [0.1, 0.15) is 0 Å². The average molecular weight is 248 g/mol. The molecule has 0 aliphatic heterocycles. The summed E-state index contributed by atoms with van der Waals surface area (Å²) in [5, 5.41) is 13.7. The van der Waals surface area contributed by atoms with Crippen molar-refractivity contribution in [3.05, 3.63) is 48.5 Å². The highest BCUT2D eigenvalue weighted by Crippen LogP contribution is 2.28. The zero-order valence-corrected chi connectivity index (χ0v) is 9.95. The maximum atomic E-state index is 9.78. The third kappa shape index (κ3) is 2.22. The molecule has 0 saturated heterocycles. The van der Waals surface area contributed by atoms with Crippen LogP contribution in [0.4, 0.5) is 0 Å². The fourth-order valence-electron chi connectivity index (χ4n) is 1.76. The van der Waals surface area contributed by atoms with E-state index < -0.39 is 0 Å². The first-order valence-corrected chi connectivity index (χ1v) is 5.72. The Morgan fingerprint density at radius 2 is 1.84 bits per heavy atom. The molecular weight excluding hydrogens is 239 g/mol. The van der Waals surface area contributed by atoms with Gasteiger partial charge in [0.05, 0.1) is 5.56 Å². The molecule has 1 aromatic heterocycles. The largest absolute Gasteiger partial charge is 0.507 e. The van der Waals surface area contributed by atoms with Crippen molar-refractivity contribution in [2.24, 2.45) is 0 Å². The molecule has 2 aromatic carbocycles. The van der Waals surface area contributed by atoms with E-state index in [-0.39, 0.29) is 11.6 Å². The van der Waals surface area contributed by atoms with Crippen LogP contribution in [0.2, 0.25) is 0 Å². The Balaban J connectivity index is 2.04. The maximum absolute atomic E-state index is 9.78. The number of phenols is 1. The minimum absolute atomic E-state index is 0.0532. The summed E-state index contributed by atoms with van der Waals surface area (Å²) in [5.74, 6) is 0.763. The van der Waals surface area contributed by atoms with Gasteiger partial charge in [0.1, 0.15) is 13.6 Å². The number of hydrogen-bond donors (Lipinski definition) is 1. The lowest BCUT2D eigenvalue weighted by atomic mass is 9.94. The van der Waals surface area contributed by atoms with Crippen molar-refractivity contribution in [2.75, 3.05) is 0 Å². The molecule has 0 fully saturated rings. The van der Waals surface area contributed by atoms with E-state index in [1.165, 1.54) is 6.07 Å². The summed E-state index contributed by atoms with van der Waals surface area (Å²) >= 11 is 0. The van der Waals surface area contributed by atoms with E-state index in [1.54, 1.807) is 12.1 Å². The molecule has 1 heterocycles. The monoisotopic (exact) mass is 248 g/mol. The van der Waals surface area contributed by atoms with Crippen LogP contribution in [0.3, 0.4) is 0 Å². The van der Waals surface area contributed by atoms with Crippen LogP contribution < -0.4 is 5.46 Å². The Labute approximate surface area is 111 Å².